The Morgan fingerprint density at radius 1 is 1.25 bits per heavy atom. The van der Waals surface area contributed by atoms with Crippen molar-refractivity contribution in [2.24, 2.45) is 17.6 Å². The third-order valence-electron chi connectivity index (χ3n) is 4.43. The van der Waals surface area contributed by atoms with E-state index in [2.05, 4.69) is 4.72 Å². The molecule has 0 radical (unpaired) electrons. The highest BCUT2D eigenvalue weighted by atomic mass is 35.5. The van der Waals surface area contributed by atoms with Crippen molar-refractivity contribution in [2.75, 3.05) is 0 Å². The first-order valence-corrected chi connectivity index (χ1v) is 8.36. The molecule has 0 amide bonds. The predicted molar refractivity (Wildman–Crippen MR) is 78.1 cm³/mol. The molecule has 114 valence electrons. The van der Waals surface area contributed by atoms with Gasteiger partial charge in [0.25, 0.3) is 10.0 Å². The van der Waals surface area contributed by atoms with Crippen molar-refractivity contribution < 1.29 is 12.8 Å². The Kier molecular flexibility index (Phi) is 4.79. The van der Waals surface area contributed by atoms with Gasteiger partial charge in [-0.05, 0) is 49.7 Å². The fourth-order valence-corrected chi connectivity index (χ4v) is 4.93. The van der Waals surface area contributed by atoms with Gasteiger partial charge in [0.1, 0.15) is 0 Å². The summed E-state index contributed by atoms with van der Waals surface area (Å²) in [5.74, 6) is 0.736. The van der Waals surface area contributed by atoms with Gasteiger partial charge in [-0.1, -0.05) is 6.42 Å². The van der Waals surface area contributed by atoms with Crippen molar-refractivity contribution in [1.29, 1.82) is 0 Å². The van der Waals surface area contributed by atoms with E-state index in [-0.39, 0.29) is 29.6 Å². The Morgan fingerprint density at radius 2 is 1.90 bits per heavy atom. The summed E-state index contributed by atoms with van der Waals surface area (Å²) < 4.78 is 32.3. The summed E-state index contributed by atoms with van der Waals surface area (Å²) in [7, 11) is -3.53. The summed E-state index contributed by atoms with van der Waals surface area (Å²) >= 11 is 0. The molecule has 2 atom stereocenters. The molecule has 3 N–H and O–H groups in total. The van der Waals surface area contributed by atoms with E-state index in [1.165, 1.54) is 18.8 Å². The fraction of sp³-hybridized carbons (Fsp3) is 0.692. The van der Waals surface area contributed by atoms with Gasteiger partial charge >= 0.3 is 0 Å². The van der Waals surface area contributed by atoms with Gasteiger partial charge in [0, 0.05) is 12.1 Å². The van der Waals surface area contributed by atoms with Crippen LogP contribution >= 0.6 is 12.4 Å². The monoisotopic (exact) mass is 320 g/mol. The van der Waals surface area contributed by atoms with E-state index in [9.17, 15) is 8.42 Å². The second kappa shape index (κ2) is 6.05. The summed E-state index contributed by atoms with van der Waals surface area (Å²) in [5.41, 5.74) is 6.05. The molecule has 1 aromatic heterocycles. The topological polar surface area (TPSA) is 85.3 Å². The summed E-state index contributed by atoms with van der Waals surface area (Å²) in [6, 6.07) is 3.31. The molecule has 2 unspecified atom stereocenters. The normalized spacial score (nSPS) is 33.5. The van der Waals surface area contributed by atoms with Crippen LogP contribution in [0.4, 0.5) is 0 Å². The molecule has 3 rings (SSSR count). The molecule has 0 saturated heterocycles. The van der Waals surface area contributed by atoms with Gasteiger partial charge in [-0.15, -0.1) is 12.4 Å². The number of hydrogen-bond acceptors (Lipinski definition) is 4. The first-order chi connectivity index (χ1) is 9.06. The summed E-state index contributed by atoms with van der Waals surface area (Å²) in [6.45, 7) is 0. The lowest BCUT2D eigenvalue weighted by atomic mass is 9.67. The Balaban J connectivity index is 0.00000147. The smallest absolute Gasteiger partial charge is 0.274 e. The van der Waals surface area contributed by atoms with Crippen LogP contribution in [0.15, 0.2) is 27.9 Å². The number of furan rings is 1. The zero-order valence-electron chi connectivity index (χ0n) is 11.2. The van der Waals surface area contributed by atoms with Gasteiger partial charge in [-0.25, -0.2) is 13.1 Å². The highest BCUT2D eigenvalue weighted by molar-refractivity contribution is 7.89. The molecule has 1 heterocycles. The molecule has 0 spiro atoms. The first-order valence-electron chi connectivity index (χ1n) is 6.87. The lowest BCUT2D eigenvalue weighted by molar-refractivity contribution is 0.125. The van der Waals surface area contributed by atoms with Gasteiger partial charge in [0.15, 0.2) is 0 Å². The second-order valence-electron chi connectivity index (χ2n) is 5.76. The van der Waals surface area contributed by atoms with E-state index in [1.54, 1.807) is 6.07 Å². The Labute approximate surface area is 125 Å². The number of fused-ring (bicyclic) bond motifs is 2. The Bertz CT molecular complexity index is 518. The fourth-order valence-electron chi connectivity index (χ4n) is 3.64. The van der Waals surface area contributed by atoms with Gasteiger partial charge in [0.2, 0.25) is 5.09 Å². The SMILES string of the molecule is Cl.NC1CC2CCCC(C1)C2NS(=O)(=O)c1ccco1. The Morgan fingerprint density at radius 3 is 2.45 bits per heavy atom. The predicted octanol–water partition coefficient (Wildman–Crippen LogP) is 1.89. The zero-order chi connectivity index (χ0) is 13.5. The third kappa shape index (κ3) is 3.03. The van der Waals surface area contributed by atoms with Crippen LogP contribution in [0, 0.1) is 11.8 Å². The van der Waals surface area contributed by atoms with Crippen LogP contribution in [-0.4, -0.2) is 20.5 Å². The highest BCUT2D eigenvalue weighted by Crippen LogP contribution is 2.40. The van der Waals surface area contributed by atoms with Gasteiger partial charge in [0.05, 0.1) is 6.26 Å². The maximum absolute atomic E-state index is 12.2. The van der Waals surface area contributed by atoms with Crippen molar-refractivity contribution in [1.82, 2.24) is 4.72 Å². The molecule has 2 saturated carbocycles. The van der Waals surface area contributed by atoms with E-state index in [0.29, 0.717) is 11.8 Å². The molecule has 20 heavy (non-hydrogen) atoms. The van der Waals surface area contributed by atoms with Crippen LogP contribution in [0.3, 0.4) is 0 Å². The van der Waals surface area contributed by atoms with E-state index < -0.39 is 10.0 Å². The highest BCUT2D eigenvalue weighted by Gasteiger charge is 2.41. The van der Waals surface area contributed by atoms with E-state index >= 15 is 0 Å². The van der Waals surface area contributed by atoms with Crippen LogP contribution in [0.5, 0.6) is 0 Å². The number of nitrogens with one attached hydrogen (secondary N) is 1. The molecule has 5 nitrogen and oxygen atoms in total. The number of nitrogens with two attached hydrogens (primary N) is 1. The van der Waals surface area contributed by atoms with E-state index in [4.69, 9.17) is 10.2 Å². The van der Waals surface area contributed by atoms with Crippen molar-refractivity contribution in [3.8, 4) is 0 Å². The minimum absolute atomic E-state index is 0. The number of hydrogen-bond donors (Lipinski definition) is 2. The van der Waals surface area contributed by atoms with Gasteiger partial charge in [-0.3, -0.25) is 0 Å². The van der Waals surface area contributed by atoms with E-state index in [1.807, 2.05) is 0 Å². The first kappa shape index (κ1) is 15.8. The van der Waals surface area contributed by atoms with Gasteiger partial charge in [-0.2, -0.15) is 0 Å². The molecule has 0 aromatic carbocycles. The molecule has 2 aliphatic rings. The van der Waals surface area contributed by atoms with Crippen LogP contribution in [0.2, 0.25) is 0 Å². The molecular formula is C13H21ClN2O3S. The van der Waals surface area contributed by atoms with Crippen LogP contribution in [0.25, 0.3) is 0 Å². The van der Waals surface area contributed by atoms with Crippen LogP contribution in [-0.2, 0) is 10.0 Å². The lowest BCUT2D eigenvalue weighted by Gasteiger charge is -2.44. The summed E-state index contributed by atoms with van der Waals surface area (Å²) in [5, 5.41) is 0.000412. The summed E-state index contributed by atoms with van der Waals surface area (Å²) in [6.07, 6.45) is 6.53. The number of halogens is 1. The average molecular weight is 321 g/mol. The van der Waals surface area contributed by atoms with Crippen LogP contribution < -0.4 is 10.5 Å². The average Bonchev–Trinajstić information content (AvgIpc) is 2.84. The Hall–Kier alpha value is -0.560. The quantitative estimate of drug-likeness (QED) is 0.890. The lowest BCUT2D eigenvalue weighted by Crippen LogP contribution is -2.53. The molecule has 2 aliphatic carbocycles. The number of sulfonamides is 1. The minimum atomic E-state index is -3.53. The maximum atomic E-state index is 12.2. The number of rotatable bonds is 3. The largest absolute Gasteiger partial charge is 0.452 e. The molecule has 1 aromatic rings. The van der Waals surface area contributed by atoms with Gasteiger partial charge < -0.3 is 10.2 Å². The molecule has 0 aliphatic heterocycles. The molecule has 2 bridgehead atoms. The molecular weight excluding hydrogens is 300 g/mol. The van der Waals surface area contributed by atoms with Crippen molar-refractivity contribution in [2.45, 2.75) is 49.3 Å². The van der Waals surface area contributed by atoms with Crippen molar-refractivity contribution in [3.05, 3.63) is 18.4 Å². The van der Waals surface area contributed by atoms with Crippen molar-refractivity contribution in [3.63, 3.8) is 0 Å². The standard InChI is InChI=1S/C13H20N2O3S.ClH/c14-11-7-9-3-1-4-10(8-11)13(9)15-19(16,17)12-5-2-6-18-12;/h2,5-6,9-11,13,15H,1,3-4,7-8,14H2;1H. The summed E-state index contributed by atoms with van der Waals surface area (Å²) in [4.78, 5) is 0. The third-order valence-corrected chi connectivity index (χ3v) is 5.77. The molecule has 2 fully saturated rings. The zero-order valence-corrected chi connectivity index (χ0v) is 12.8. The van der Waals surface area contributed by atoms with Crippen molar-refractivity contribution >= 4 is 22.4 Å². The van der Waals surface area contributed by atoms with Crippen LogP contribution in [0.1, 0.15) is 32.1 Å². The maximum Gasteiger partial charge on any atom is 0.274 e. The second-order valence-corrected chi connectivity index (χ2v) is 7.41. The minimum Gasteiger partial charge on any atom is -0.452 e. The molecule has 7 heteroatoms. The van der Waals surface area contributed by atoms with E-state index in [0.717, 1.165) is 25.7 Å².